The van der Waals surface area contributed by atoms with Crippen LogP contribution in [-0.2, 0) is 5.75 Å². The first-order valence-corrected chi connectivity index (χ1v) is 7.50. The van der Waals surface area contributed by atoms with E-state index in [0.717, 1.165) is 4.90 Å². The van der Waals surface area contributed by atoms with Crippen molar-refractivity contribution in [3.05, 3.63) is 68.7 Å². The lowest BCUT2D eigenvalue weighted by Crippen LogP contribution is -1.94. The molecule has 0 aliphatic heterocycles. The molecule has 0 aliphatic rings. The Labute approximate surface area is 131 Å². The molecule has 0 saturated carbocycles. The molecule has 0 spiro atoms. The molecular weight excluding hydrogens is 310 g/mol. The summed E-state index contributed by atoms with van der Waals surface area (Å²) >= 11 is 7.23. The Balaban J connectivity index is 2.18. The van der Waals surface area contributed by atoms with Crippen molar-refractivity contribution >= 4 is 34.8 Å². The van der Waals surface area contributed by atoms with Gasteiger partial charge in [0.25, 0.3) is 5.69 Å². The molecule has 0 N–H and O–H groups in total. The Bertz CT molecular complexity index is 703. The van der Waals surface area contributed by atoms with Crippen LogP contribution in [0.4, 0.5) is 5.69 Å². The van der Waals surface area contributed by atoms with E-state index in [0.29, 0.717) is 21.9 Å². The van der Waals surface area contributed by atoms with Crippen LogP contribution in [0.25, 0.3) is 0 Å². The molecule has 0 fully saturated rings. The molecule has 0 aromatic heterocycles. The Morgan fingerprint density at radius 1 is 1.29 bits per heavy atom. The predicted octanol–water partition coefficient (Wildman–Crippen LogP) is 4.74. The van der Waals surface area contributed by atoms with Crippen molar-refractivity contribution in [2.75, 3.05) is 0 Å². The van der Waals surface area contributed by atoms with Crippen LogP contribution >= 0.6 is 23.4 Å². The minimum Gasteiger partial charge on any atom is -0.295 e. The zero-order valence-corrected chi connectivity index (χ0v) is 12.8. The third kappa shape index (κ3) is 4.06. The molecule has 108 valence electrons. The molecule has 2 aromatic rings. The topological polar surface area (TPSA) is 60.2 Å². The second-order valence-corrected chi connectivity index (χ2v) is 5.89. The zero-order chi connectivity index (χ0) is 15.4. The molecule has 2 rings (SSSR count). The van der Waals surface area contributed by atoms with Gasteiger partial charge in [-0.05, 0) is 31.2 Å². The molecule has 0 heterocycles. The number of thioether (sulfide) groups is 1. The molecule has 21 heavy (non-hydrogen) atoms. The monoisotopic (exact) mass is 321 g/mol. The fourth-order valence-electron chi connectivity index (χ4n) is 1.79. The molecule has 4 nitrogen and oxygen atoms in total. The third-order valence-electron chi connectivity index (χ3n) is 2.88. The van der Waals surface area contributed by atoms with Crippen LogP contribution in [0, 0.1) is 10.1 Å². The van der Waals surface area contributed by atoms with Gasteiger partial charge >= 0.3 is 0 Å². The minimum absolute atomic E-state index is 0.00470. The molecule has 0 atom stereocenters. The molecular formula is C15H12ClNO3S. The first-order valence-electron chi connectivity index (χ1n) is 6.14. The quantitative estimate of drug-likeness (QED) is 0.345. The Kier molecular flexibility index (Phi) is 4.98. The van der Waals surface area contributed by atoms with E-state index in [9.17, 15) is 14.9 Å². The number of ketones is 1. The molecule has 0 radical (unpaired) electrons. The summed E-state index contributed by atoms with van der Waals surface area (Å²) in [5.74, 6) is 0.435. The second-order valence-electron chi connectivity index (χ2n) is 4.40. The molecule has 0 bridgehead atoms. The average Bonchev–Trinajstić information content (AvgIpc) is 2.46. The first-order chi connectivity index (χ1) is 9.97. The van der Waals surface area contributed by atoms with Crippen molar-refractivity contribution in [3.63, 3.8) is 0 Å². The molecule has 0 aliphatic carbocycles. The van der Waals surface area contributed by atoms with E-state index >= 15 is 0 Å². The van der Waals surface area contributed by atoms with Gasteiger partial charge in [0.15, 0.2) is 5.78 Å². The number of hydrogen-bond donors (Lipinski definition) is 0. The van der Waals surface area contributed by atoms with E-state index in [-0.39, 0.29) is 11.5 Å². The summed E-state index contributed by atoms with van der Waals surface area (Å²) in [5.41, 5.74) is 1.24. The van der Waals surface area contributed by atoms with Gasteiger partial charge in [0.2, 0.25) is 0 Å². The Morgan fingerprint density at radius 3 is 2.71 bits per heavy atom. The van der Waals surface area contributed by atoms with E-state index < -0.39 is 4.92 Å². The van der Waals surface area contributed by atoms with Gasteiger partial charge in [-0.3, -0.25) is 14.9 Å². The van der Waals surface area contributed by atoms with Crippen molar-refractivity contribution in [1.82, 2.24) is 0 Å². The van der Waals surface area contributed by atoms with E-state index in [2.05, 4.69) is 0 Å². The summed E-state index contributed by atoms with van der Waals surface area (Å²) in [6.45, 7) is 1.51. The van der Waals surface area contributed by atoms with Crippen molar-refractivity contribution in [3.8, 4) is 0 Å². The SMILES string of the molecule is CC(=O)c1cccc(SCc2ccc(Cl)cc2[N+](=O)[O-])c1. The number of Topliss-reactive ketones (excluding diaryl/α,β-unsaturated/α-hetero) is 1. The summed E-state index contributed by atoms with van der Waals surface area (Å²) in [4.78, 5) is 22.8. The minimum atomic E-state index is -0.437. The van der Waals surface area contributed by atoms with Gasteiger partial charge in [0, 0.05) is 32.9 Å². The van der Waals surface area contributed by atoms with Crippen LogP contribution in [0.5, 0.6) is 0 Å². The number of nitro groups is 1. The van der Waals surface area contributed by atoms with Gasteiger partial charge < -0.3 is 0 Å². The molecule has 0 saturated heterocycles. The van der Waals surface area contributed by atoms with Crippen molar-refractivity contribution in [2.45, 2.75) is 17.6 Å². The maximum atomic E-state index is 11.3. The lowest BCUT2D eigenvalue weighted by molar-refractivity contribution is -0.385. The Hall–Kier alpha value is -1.85. The number of carbonyl (C=O) groups is 1. The van der Waals surface area contributed by atoms with Crippen LogP contribution in [0.3, 0.4) is 0 Å². The summed E-state index contributed by atoms with van der Waals surface area (Å²) in [6, 6.07) is 11.8. The van der Waals surface area contributed by atoms with Gasteiger partial charge in [-0.25, -0.2) is 0 Å². The first kappa shape index (κ1) is 15.5. The van der Waals surface area contributed by atoms with Crippen LogP contribution in [0.2, 0.25) is 5.02 Å². The number of nitrogens with zero attached hydrogens (tertiary/aromatic N) is 1. The van der Waals surface area contributed by atoms with Crippen molar-refractivity contribution in [2.24, 2.45) is 0 Å². The fraction of sp³-hybridized carbons (Fsp3) is 0.133. The number of carbonyl (C=O) groups excluding carboxylic acids is 1. The lowest BCUT2D eigenvalue weighted by Gasteiger charge is -2.05. The highest BCUT2D eigenvalue weighted by molar-refractivity contribution is 7.98. The largest absolute Gasteiger partial charge is 0.295 e. The highest BCUT2D eigenvalue weighted by Crippen LogP contribution is 2.30. The summed E-state index contributed by atoms with van der Waals surface area (Å²) < 4.78 is 0. The van der Waals surface area contributed by atoms with Gasteiger partial charge in [-0.15, -0.1) is 11.8 Å². The number of hydrogen-bond acceptors (Lipinski definition) is 4. The maximum Gasteiger partial charge on any atom is 0.274 e. The second kappa shape index (κ2) is 6.74. The number of benzene rings is 2. The van der Waals surface area contributed by atoms with Crippen molar-refractivity contribution in [1.29, 1.82) is 0 Å². The fourth-order valence-corrected chi connectivity index (χ4v) is 2.91. The van der Waals surface area contributed by atoms with Gasteiger partial charge in [0.1, 0.15) is 0 Å². The lowest BCUT2D eigenvalue weighted by atomic mass is 10.2. The normalized spacial score (nSPS) is 10.4. The summed E-state index contributed by atoms with van der Waals surface area (Å²) in [5, 5.41) is 11.4. The van der Waals surface area contributed by atoms with Crippen LogP contribution in [-0.4, -0.2) is 10.7 Å². The molecule has 0 amide bonds. The molecule has 2 aromatic carbocycles. The molecule has 6 heteroatoms. The van der Waals surface area contributed by atoms with E-state index in [4.69, 9.17) is 11.6 Å². The van der Waals surface area contributed by atoms with E-state index in [1.807, 2.05) is 6.07 Å². The van der Waals surface area contributed by atoms with E-state index in [1.165, 1.54) is 24.8 Å². The maximum absolute atomic E-state index is 11.3. The molecule has 0 unspecified atom stereocenters. The number of rotatable bonds is 5. The summed E-state index contributed by atoms with van der Waals surface area (Å²) in [7, 11) is 0. The highest BCUT2D eigenvalue weighted by atomic mass is 35.5. The predicted molar refractivity (Wildman–Crippen MR) is 84.1 cm³/mol. The van der Waals surface area contributed by atoms with Crippen molar-refractivity contribution < 1.29 is 9.72 Å². The third-order valence-corrected chi connectivity index (χ3v) is 4.16. The van der Waals surface area contributed by atoms with Crippen LogP contribution in [0.15, 0.2) is 47.4 Å². The van der Waals surface area contributed by atoms with Gasteiger partial charge in [-0.1, -0.05) is 23.7 Å². The van der Waals surface area contributed by atoms with Gasteiger partial charge in [-0.2, -0.15) is 0 Å². The summed E-state index contributed by atoms with van der Waals surface area (Å²) in [6.07, 6.45) is 0. The van der Waals surface area contributed by atoms with Crippen LogP contribution < -0.4 is 0 Å². The number of halogens is 1. The zero-order valence-electron chi connectivity index (χ0n) is 11.2. The standard InChI is InChI=1S/C15H12ClNO3S/c1-10(18)11-3-2-4-14(7-11)21-9-12-5-6-13(16)8-15(12)17(19)20/h2-8H,9H2,1H3. The smallest absolute Gasteiger partial charge is 0.274 e. The van der Waals surface area contributed by atoms with E-state index in [1.54, 1.807) is 30.3 Å². The highest BCUT2D eigenvalue weighted by Gasteiger charge is 2.14. The Morgan fingerprint density at radius 2 is 2.05 bits per heavy atom. The van der Waals surface area contributed by atoms with Crippen LogP contribution in [0.1, 0.15) is 22.8 Å². The average molecular weight is 322 g/mol. The number of nitro benzene ring substituents is 1. The van der Waals surface area contributed by atoms with Gasteiger partial charge in [0.05, 0.1) is 4.92 Å².